The maximum Gasteiger partial charge on any atom is 0.410 e. The number of carbonyl (C=O) groups excluding carboxylic acids is 1. The van der Waals surface area contributed by atoms with Crippen molar-refractivity contribution >= 4 is 17.4 Å². The van der Waals surface area contributed by atoms with Crippen LogP contribution in [-0.4, -0.2) is 35.8 Å². The molecule has 4 nitrogen and oxygen atoms in total. The second-order valence-corrected chi connectivity index (χ2v) is 8.33. The standard InChI is InChI=1S/C17H25NO3S/c1-12-11-17(13-6-10-22-14(13)5-9-20-17)7-8-18(12)15(19)21-16(2,3)4/h6,10,12H,5,7-9,11H2,1-4H3. The molecule has 5 heteroatoms. The van der Waals surface area contributed by atoms with Gasteiger partial charge in [0.1, 0.15) is 5.60 Å². The smallest absolute Gasteiger partial charge is 0.410 e. The van der Waals surface area contributed by atoms with E-state index in [0.717, 1.165) is 25.9 Å². The van der Waals surface area contributed by atoms with Gasteiger partial charge in [0.15, 0.2) is 0 Å². The van der Waals surface area contributed by atoms with Crippen molar-refractivity contribution in [2.24, 2.45) is 0 Å². The van der Waals surface area contributed by atoms with E-state index in [0.29, 0.717) is 6.54 Å². The Bertz CT molecular complexity index is 562. The maximum absolute atomic E-state index is 12.4. The zero-order chi connectivity index (χ0) is 16.0. The van der Waals surface area contributed by atoms with E-state index in [1.54, 1.807) is 0 Å². The topological polar surface area (TPSA) is 38.8 Å². The Kier molecular flexibility index (Phi) is 3.98. The lowest BCUT2D eigenvalue weighted by molar-refractivity contribution is -0.110. The Morgan fingerprint density at radius 3 is 2.95 bits per heavy atom. The van der Waals surface area contributed by atoms with Crippen molar-refractivity contribution < 1.29 is 14.3 Å². The molecule has 1 aromatic rings. The summed E-state index contributed by atoms with van der Waals surface area (Å²) in [5, 5.41) is 2.16. The van der Waals surface area contributed by atoms with Gasteiger partial charge in [-0.2, -0.15) is 0 Å². The zero-order valence-corrected chi connectivity index (χ0v) is 14.7. The van der Waals surface area contributed by atoms with Gasteiger partial charge >= 0.3 is 6.09 Å². The molecular weight excluding hydrogens is 298 g/mol. The normalized spacial score (nSPS) is 28.5. The van der Waals surface area contributed by atoms with Crippen LogP contribution in [0.15, 0.2) is 11.4 Å². The summed E-state index contributed by atoms with van der Waals surface area (Å²) in [6.07, 6.45) is 2.49. The number of amides is 1. The van der Waals surface area contributed by atoms with Crippen LogP contribution < -0.4 is 0 Å². The van der Waals surface area contributed by atoms with Crippen LogP contribution in [0.3, 0.4) is 0 Å². The fraction of sp³-hybridized carbons (Fsp3) is 0.706. The summed E-state index contributed by atoms with van der Waals surface area (Å²) in [6, 6.07) is 2.32. The first kappa shape index (κ1) is 15.8. The van der Waals surface area contributed by atoms with Gasteiger partial charge in [0.05, 0.1) is 12.2 Å². The third kappa shape index (κ3) is 2.88. The van der Waals surface area contributed by atoms with Crippen LogP contribution in [0.1, 0.15) is 51.0 Å². The van der Waals surface area contributed by atoms with Crippen molar-refractivity contribution in [1.82, 2.24) is 4.90 Å². The summed E-state index contributed by atoms with van der Waals surface area (Å²) in [5.41, 5.74) is 0.693. The monoisotopic (exact) mass is 323 g/mol. The molecule has 0 saturated carbocycles. The molecule has 3 heterocycles. The Morgan fingerprint density at radius 2 is 2.27 bits per heavy atom. The molecule has 0 aliphatic carbocycles. The minimum Gasteiger partial charge on any atom is -0.444 e. The lowest BCUT2D eigenvalue weighted by Crippen LogP contribution is -2.53. The van der Waals surface area contributed by atoms with Crippen LogP contribution in [0.25, 0.3) is 0 Å². The van der Waals surface area contributed by atoms with E-state index in [4.69, 9.17) is 9.47 Å². The summed E-state index contributed by atoms with van der Waals surface area (Å²) in [4.78, 5) is 15.7. The average molecular weight is 323 g/mol. The number of hydrogen-bond donors (Lipinski definition) is 0. The lowest BCUT2D eigenvalue weighted by atomic mass is 9.79. The predicted octanol–water partition coefficient (Wildman–Crippen LogP) is 3.94. The van der Waals surface area contributed by atoms with Gasteiger partial charge in [-0.15, -0.1) is 11.3 Å². The van der Waals surface area contributed by atoms with Gasteiger partial charge in [-0.3, -0.25) is 0 Å². The predicted molar refractivity (Wildman–Crippen MR) is 87.3 cm³/mol. The van der Waals surface area contributed by atoms with Crippen molar-refractivity contribution in [3.05, 3.63) is 21.9 Å². The van der Waals surface area contributed by atoms with Gasteiger partial charge in [0, 0.05) is 30.3 Å². The molecule has 0 aromatic carbocycles. The number of rotatable bonds is 0. The second kappa shape index (κ2) is 5.53. The third-order valence-electron chi connectivity index (χ3n) is 4.49. The van der Waals surface area contributed by atoms with Crippen molar-refractivity contribution in [1.29, 1.82) is 0 Å². The van der Waals surface area contributed by atoms with Crippen LogP contribution in [0.4, 0.5) is 4.79 Å². The third-order valence-corrected chi connectivity index (χ3v) is 5.47. The number of piperidine rings is 1. The Hall–Kier alpha value is -1.07. The number of carbonyl (C=O) groups is 1. The van der Waals surface area contributed by atoms with Crippen molar-refractivity contribution in [3.8, 4) is 0 Å². The highest BCUT2D eigenvalue weighted by Gasteiger charge is 2.45. The Morgan fingerprint density at radius 1 is 1.50 bits per heavy atom. The maximum atomic E-state index is 12.4. The summed E-state index contributed by atoms with van der Waals surface area (Å²) >= 11 is 1.82. The first-order valence-electron chi connectivity index (χ1n) is 8.01. The van der Waals surface area contributed by atoms with Crippen LogP contribution in [0.5, 0.6) is 0 Å². The molecule has 2 aliphatic rings. The molecule has 1 amide bonds. The number of hydrogen-bond acceptors (Lipinski definition) is 4. The van der Waals surface area contributed by atoms with Crippen molar-refractivity contribution in [2.45, 2.75) is 64.2 Å². The molecule has 0 bridgehead atoms. The molecule has 22 heavy (non-hydrogen) atoms. The van der Waals surface area contributed by atoms with Crippen molar-refractivity contribution in [3.63, 3.8) is 0 Å². The van der Waals surface area contributed by atoms with E-state index in [-0.39, 0.29) is 17.7 Å². The molecule has 1 aromatic heterocycles. The van der Waals surface area contributed by atoms with Gasteiger partial charge in [-0.05, 0) is 51.1 Å². The fourth-order valence-electron chi connectivity index (χ4n) is 3.54. The highest BCUT2D eigenvalue weighted by Crippen LogP contribution is 2.45. The minimum atomic E-state index is -0.451. The number of fused-ring (bicyclic) bond motifs is 2. The minimum absolute atomic E-state index is 0.120. The fourth-order valence-corrected chi connectivity index (χ4v) is 4.49. The Balaban J connectivity index is 1.75. The quantitative estimate of drug-likeness (QED) is 0.726. The van der Waals surface area contributed by atoms with E-state index in [9.17, 15) is 4.79 Å². The number of likely N-dealkylation sites (tertiary alicyclic amines) is 1. The molecular formula is C17H25NO3S. The van der Waals surface area contributed by atoms with Gasteiger partial charge in [0.25, 0.3) is 0 Å². The molecule has 1 saturated heterocycles. The van der Waals surface area contributed by atoms with Crippen LogP contribution in [0.2, 0.25) is 0 Å². The van der Waals surface area contributed by atoms with Crippen molar-refractivity contribution in [2.75, 3.05) is 13.2 Å². The van der Waals surface area contributed by atoms with Gasteiger partial charge < -0.3 is 14.4 Å². The zero-order valence-electron chi connectivity index (χ0n) is 13.8. The molecule has 2 unspecified atom stereocenters. The number of thiophene rings is 1. The van der Waals surface area contributed by atoms with E-state index in [2.05, 4.69) is 18.4 Å². The van der Waals surface area contributed by atoms with Gasteiger partial charge in [0.2, 0.25) is 0 Å². The lowest BCUT2D eigenvalue weighted by Gasteiger charge is -2.47. The van der Waals surface area contributed by atoms with Crippen LogP contribution in [0, 0.1) is 0 Å². The summed E-state index contributed by atoms with van der Waals surface area (Å²) in [7, 11) is 0. The average Bonchev–Trinajstić information content (AvgIpc) is 2.86. The van der Waals surface area contributed by atoms with E-state index < -0.39 is 5.60 Å². The SMILES string of the molecule is CC1CC2(CCN1C(=O)OC(C)(C)C)OCCc1sccc12. The highest BCUT2D eigenvalue weighted by molar-refractivity contribution is 7.10. The van der Waals surface area contributed by atoms with E-state index in [1.165, 1.54) is 10.4 Å². The summed E-state index contributed by atoms with van der Waals surface area (Å²) < 4.78 is 11.7. The summed E-state index contributed by atoms with van der Waals surface area (Å²) in [6.45, 7) is 9.28. The van der Waals surface area contributed by atoms with E-state index in [1.807, 2.05) is 37.0 Å². The van der Waals surface area contributed by atoms with Gasteiger partial charge in [-0.1, -0.05) is 0 Å². The molecule has 122 valence electrons. The second-order valence-electron chi connectivity index (χ2n) is 7.33. The molecule has 0 radical (unpaired) electrons. The number of ether oxygens (including phenoxy) is 2. The Labute approximate surface area is 136 Å². The summed E-state index contributed by atoms with van der Waals surface area (Å²) in [5.74, 6) is 0. The van der Waals surface area contributed by atoms with Gasteiger partial charge in [-0.25, -0.2) is 4.79 Å². The van der Waals surface area contributed by atoms with Crippen LogP contribution >= 0.6 is 11.3 Å². The number of nitrogens with zero attached hydrogens (tertiary/aromatic N) is 1. The van der Waals surface area contributed by atoms with Crippen LogP contribution in [-0.2, 0) is 21.5 Å². The molecule has 2 atom stereocenters. The first-order chi connectivity index (χ1) is 10.3. The van der Waals surface area contributed by atoms with E-state index >= 15 is 0 Å². The molecule has 0 N–H and O–H groups in total. The molecule has 1 spiro atoms. The molecule has 1 fully saturated rings. The highest BCUT2D eigenvalue weighted by atomic mass is 32.1. The molecule has 3 rings (SSSR count). The molecule has 2 aliphatic heterocycles. The first-order valence-corrected chi connectivity index (χ1v) is 8.89. The largest absolute Gasteiger partial charge is 0.444 e.